The van der Waals surface area contributed by atoms with E-state index < -0.39 is 6.03 Å². The number of rotatable bonds is 7. The topological polar surface area (TPSA) is 123 Å². The molecule has 2 amide bonds. The maximum Gasteiger partial charge on any atom is 0.324 e. The van der Waals surface area contributed by atoms with Gasteiger partial charge in [-0.1, -0.05) is 32.4 Å². The monoisotopic (exact) mass is 572 g/mol. The van der Waals surface area contributed by atoms with Gasteiger partial charge >= 0.3 is 6.03 Å². The molecule has 41 heavy (non-hydrogen) atoms. The van der Waals surface area contributed by atoms with Gasteiger partial charge in [0.1, 0.15) is 28.8 Å². The second-order valence-corrected chi connectivity index (χ2v) is 10.6. The first-order chi connectivity index (χ1) is 19.6. The summed E-state index contributed by atoms with van der Waals surface area (Å²) in [5.41, 5.74) is 2.23. The van der Waals surface area contributed by atoms with Crippen molar-refractivity contribution in [1.29, 1.82) is 0 Å². The second-order valence-electron chi connectivity index (χ2n) is 10.2. The molecule has 3 heterocycles. The molecular formula is C30H29ClN6O4. The van der Waals surface area contributed by atoms with Crippen LogP contribution in [0.3, 0.4) is 0 Å². The molecule has 210 valence electrons. The summed E-state index contributed by atoms with van der Waals surface area (Å²) in [4.78, 5) is 29.5. The Morgan fingerprint density at radius 1 is 0.927 bits per heavy atom. The van der Waals surface area contributed by atoms with Crippen LogP contribution in [0.5, 0.6) is 23.0 Å². The molecule has 0 bridgehead atoms. The summed E-state index contributed by atoms with van der Waals surface area (Å²) in [6.45, 7) is 6.09. The van der Waals surface area contributed by atoms with E-state index in [2.05, 4.69) is 25.6 Å². The predicted octanol–water partition coefficient (Wildman–Crippen LogP) is 7.42. The minimum Gasteiger partial charge on any atom is -0.493 e. The Kier molecular flexibility index (Phi) is 7.67. The van der Waals surface area contributed by atoms with E-state index in [-0.39, 0.29) is 5.41 Å². The lowest BCUT2D eigenvalue weighted by Gasteiger charge is -2.14. The molecule has 0 aliphatic carbocycles. The van der Waals surface area contributed by atoms with Crippen molar-refractivity contribution < 1.29 is 19.0 Å². The SMILES string of the molecule is COc1cc2nccc(Oc3ccc(NC(=O)Nc4[nH]c(C(C)(C)C)nc4-c4cncc(Cl)c4)cc3)c2cc1OC. The fraction of sp³-hybridized carbons (Fsp3) is 0.200. The molecular weight excluding hydrogens is 544 g/mol. The number of urea groups is 1. The number of hydrogen-bond acceptors (Lipinski definition) is 7. The van der Waals surface area contributed by atoms with Crippen molar-refractivity contribution >= 4 is 40.0 Å². The number of H-pyrrole nitrogens is 1. The largest absolute Gasteiger partial charge is 0.493 e. The van der Waals surface area contributed by atoms with Crippen LogP contribution in [0.15, 0.2) is 67.1 Å². The highest BCUT2D eigenvalue weighted by atomic mass is 35.5. The Labute approximate surface area is 242 Å². The number of pyridine rings is 2. The predicted molar refractivity (Wildman–Crippen MR) is 160 cm³/mol. The van der Waals surface area contributed by atoms with Crippen LogP contribution in [0, 0.1) is 0 Å². The lowest BCUT2D eigenvalue weighted by Crippen LogP contribution is -2.20. The van der Waals surface area contributed by atoms with Gasteiger partial charge in [-0.2, -0.15) is 0 Å². The van der Waals surface area contributed by atoms with Gasteiger partial charge in [0.05, 0.1) is 24.8 Å². The summed E-state index contributed by atoms with van der Waals surface area (Å²) in [5.74, 6) is 3.49. The fourth-order valence-electron chi connectivity index (χ4n) is 4.11. The standard InChI is InChI=1S/C30H29ClN6O4/c1-30(2,3)28-35-26(17-12-18(31)16-32-15-17)27(36-28)37-29(38)34-19-6-8-20(9-7-19)41-23-10-11-33-22-14-25(40-5)24(39-4)13-21(22)23/h6-16H,1-5H3,(H,35,36)(H2,34,37,38). The van der Waals surface area contributed by atoms with Crippen LogP contribution in [-0.2, 0) is 5.41 Å². The third kappa shape index (κ3) is 6.17. The van der Waals surface area contributed by atoms with E-state index >= 15 is 0 Å². The number of carbonyl (C=O) groups is 1. The van der Waals surface area contributed by atoms with Crippen LogP contribution < -0.4 is 24.8 Å². The molecule has 0 aliphatic rings. The van der Waals surface area contributed by atoms with Gasteiger partial charge in [-0.15, -0.1) is 0 Å². The molecule has 0 saturated carbocycles. The normalized spacial score (nSPS) is 11.3. The van der Waals surface area contributed by atoms with Gasteiger partial charge in [0.15, 0.2) is 11.5 Å². The minimum atomic E-state index is -0.444. The van der Waals surface area contributed by atoms with E-state index in [1.165, 1.54) is 0 Å². The molecule has 3 N–H and O–H groups in total. The van der Waals surface area contributed by atoms with Gasteiger partial charge in [0.25, 0.3) is 0 Å². The van der Waals surface area contributed by atoms with Gasteiger partial charge in [0.2, 0.25) is 0 Å². The van der Waals surface area contributed by atoms with Gasteiger partial charge in [-0.05, 0) is 42.5 Å². The van der Waals surface area contributed by atoms with E-state index in [9.17, 15) is 4.79 Å². The summed E-state index contributed by atoms with van der Waals surface area (Å²) in [7, 11) is 3.15. The van der Waals surface area contributed by atoms with Crippen LogP contribution in [0.25, 0.3) is 22.2 Å². The fourth-order valence-corrected chi connectivity index (χ4v) is 4.29. The number of benzene rings is 2. The Bertz CT molecular complexity index is 1710. The summed E-state index contributed by atoms with van der Waals surface area (Å²) < 4.78 is 16.9. The van der Waals surface area contributed by atoms with Gasteiger partial charge in [0, 0.05) is 46.7 Å². The van der Waals surface area contributed by atoms with Crippen LogP contribution in [0.4, 0.5) is 16.3 Å². The van der Waals surface area contributed by atoms with E-state index in [0.29, 0.717) is 62.1 Å². The van der Waals surface area contributed by atoms with Crippen molar-refractivity contribution in [3.63, 3.8) is 0 Å². The number of nitrogens with one attached hydrogen (secondary N) is 3. The van der Waals surface area contributed by atoms with Crippen molar-refractivity contribution in [3.8, 4) is 34.3 Å². The molecule has 5 aromatic rings. The second kappa shape index (κ2) is 11.3. The molecule has 0 unspecified atom stereocenters. The van der Waals surface area contributed by atoms with Crippen LogP contribution in [-0.4, -0.2) is 40.2 Å². The van der Waals surface area contributed by atoms with Crippen LogP contribution in [0.1, 0.15) is 26.6 Å². The number of anilines is 2. The lowest BCUT2D eigenvalue weighted by atomic mass is 9.96. The zero-order valence-corrected chi connectivity index (χ0v) is 24.0. The van der Waals surface area contributed by atoms with E-state index in [1.54, 1.807) is 75.3 Å². The number of methoxy groups -OCH3 is 2. The zero-order chi connectivity index (χ0) is 29.1. The molecule has 0 radical (unpaired) electrons. The first-order valence-electron chi connectivity index (χ1n) is 12.7. The first-order valence-corrected chi connectivity index (χ1v) is 13.1. The molecule has 0 atom stereocenters. The number of aromatic amines is 1. The lowest BCUT2D eigenvalue weighted by molar-refractivity contribution is 0.262. The quantitative estimate of drug-likeness (QED) is 0.185. The number of aromatic nitrogens is 4. The molecule has 3 aromatic heterocycles. The molecule has 2 aromatic carbocycles. The van der Waals surface area contributed by atoms with Gasteiger partial charge < -0.3 is 24.5 Å². The summed E-state index contributed by atoms with van der Waals surface area (Å²) in [5, 5.41) is 6.95. The average molecular weight is 573 g/mol. The first kappa shape index (κ1) is 27.7. The van der Waals surface area contributed by atoms with E-state index in [4.69, 9.17) is 30.8 Å². The number of fused-ring (bicyclic) bond motifs is 1. The van der Waals surface area contributed by atoms with Gasteiger partial charge in [-0.25, -0.2) is 9.78 Å². The third-order valence-electron chi connectivity index (χ3n) is 6.18. The average Bonchev–Trinajstić information content (AvgIpc) is 3.38. The van der Waals surface area contributed by atoms with Crippen molar-refractivity contribution in [2.45, 2.75) is 26.2 Å². The van der Waals surface area contributed by atoms with Crippen LogP contribution in [0.2, 0.25) is 5.02 Å². The Balaban J connectivity index is 1.32. The van der Waals surface area contributed by atoms with Crippen molar-refractivity contribution in [2.75, 3.05) is 24.9 Å². The molecule has 5 rings (SSSR count). The maximum atomic E-state index is 13.0. The number of carbonyl (C=O) groups excluding carboxylic acids is 1. The number of hydrogen-bond donors (Lipinski definition) is 3. The molecule has 11 heteroatoms. The number of halogens is 1. The highest BCUT2D eigenvalue weighted by Gasteiger charge is 2.23. The molecule has 10 nitrogen and oxygen atoms in total. The third-order valence-corrected chi connectivity index (χ3v) is 6.38. The summed E-state index contributed by atoms with van der Waals surface area (Å²) >= 11 is 6.15. The number of nitrogens with zero attached hydrogens (tertiary/aromatic N) is 3. The highest BCUT2D eigenvalue weighted by molar-refractivity contribution is 6.30. The molecule has 0 saturated heterocycles. The highest BCUT2D eigenvalue weighted by Crippen LogP contribution is 2.37. The van der Waals surface area contributed by atoms with Crippen molar-refractivity contribution in [2.24, 2.45) is 0 Å². The Morgan fingerprint density at radius 2 is 1.66 bits per heavy atom. The summed E-state index contributed by atoms with van der Waals surface area (Å²) in [6.07, 6.45) is 4.85. The summed E-state index contributed by atoms with van der Waals surface area (Å²) in [6, 6.07) is 13.7. The van der Waals surface area contributed by atoms with E-state index in [0.717, 1.165) is 5.39 Å². The minimum absolute atomic E-state index is 0.273. The Hall–Kier alpha value is -4.83. The molecule has 0 spiro atoms. The number of imidazole rings is 1. The van der Waals surface area contributed by atoms with Crippen LogP contribution >= 0.6 is 11.6 Å². The zero-order valence-electron chi connectivity index (χ0n) is 23.2. The van der Waals surface area contributed by atoms with Crippen molar-refractivity contribution in [3.05, 3.63) is 78.0 Å². The Morgan fingerprint density at radius 3 is 2.34 bits per heavy atom. The van der Waals surface area contributed by atoms with Gasteiger partial charge in [-0.3, -0.25) is 15.3 Å². The molecule has 0 aliphatic heterocycles. The van der Waals surface area contributed by atoms with E-state index in [1.807, 2.05) is 26.8 Å². The molecule has 0 fully saturated rings. The smallest absolute Gasteiger partial charge is 0.324 e. The van der Waals surface area contributed by atoms with Crippen molar-refractivity contribution in [1.82, 2.24) is 19.9 Å². The maximum absolute atomic E-state index is 13.0. The number of amides is 2. The number of ether oxygens (including phenoxy) is 3.